The van der Waals surface area contributed by atoms with Crippen LogP contribution in [0, 0.1) is 5.92 Å². The number of hydrogen-bond acceptors (Lipinski definition) is 5. The maximum Gasteiger partial charge on any atom is 0.433 e. The van der Waals surface area contributed by atoms with Crippen molar-refractivity contribution in [2.75, 3.05) is 18.0 Å². The van der Waals surface area contributed by atoms with Gasteiger partial charge in [0.1, 0.15) is 5.82 Å². The number of carboxylic acids is 1. The largest absolute Gasteiger partial charge is 0.481 e. The molecule has 1 aliphatic rings. The summed E-state index contributed by atoms with van der Waals surface area (Å²) in [6.45, 7) is 0.662. The molecule has 0 atom stereocenters. The second-order valence-corrected chi connectivity index (χ2v) is 5.77. The number of alkyl halides is 3. The van der Waals surface area contributed by atoms with E-state index < -0.39 is 23.8 Å². The van der Waals surface area contributed by atoms with Crippen LogP contribution >= 0.6 is 0 Å². The van der Waals surface area contributed by atoms with Gasteiger partial charge < -0.3 is 10.0 Å². The normalized spacial score (nSPS) is 16.0. The monoisotopic (exact) mass is 352 g/mol. The molecule has 0 saturated carbocycles. The number of carboxylic acid groups (broad SMARTS) is 1. The Hall–Kier alpha value is -2.71. The molecular formula is C16H15F3N4O2. The fraction of sp³-hybridized carbons (Fsp3) is 0.375. The predicted molar refractivity (Wildman–Crippen MR) is 82.8 cm³/mol. The van der Waals surface area contributed by atoms with E-state index in [9.17, 15) is 18.0 Å². The first-order valence-electron chi connectivity index (χ1n) is 7.69. The fourth-order valence-electron chi connectivity index (χ4n) is 2.72. The quantitative estimate of drug-likeness (QED) is 0.915. The van der Waals surface area contributed by atoms with Crippen molar-refractivity contribution in [2.24, 2.45) is 5.92 Å². The average Bonchev–Trinajstić information content (AvgIpc) is 2.61. The lowest BCUT2D eigenvalue weighted by molar-refractivity contribution is -0.142. The molecule has 1 saturated heterocycles. The molecule has 3 rings (SSSR count). The van der Waals surface area contributed by atoms with Crippen LogP contribution in [0.5, 0.6) is 0 Å². The second-order valence-electron chi connectivity index (χ2n) is 5.77. The van der Waals surface area contributed by atoms with Gasteiger partial charge in [-0.05, 0) is 25.0 Å². The molecule has 0 radical (unpaired) electrons. The van der Waals surface area contributed by atoms with Gasteiger partial charge in [-0.3, -0.25) is 9.78 Å². The molecule has 6 nitrogen and oxygen atoms in total. The van der Waals surface area contributed by atoms with E-state index in [1.807, 2.05) is 0 Å². The van der Waals surface area contributed by atoms with Crippen LogP contribution in [0.15, 0.2) is 30.6 Å². The van der Waals surface area contributed by atoms with Gasteiger partial charge in [0.15, 0.2) is 11.5 Å². The van der Waals surface area contributed by atoms with Crippen molar-refractivity contribution >= 4 is 11.8 Å². The van der Waals surface area contributed by atoms with E-state index in [0.29, 0.717) is 31.5 Å². The van der Waals surface area contributed by atoms with E-state index in [-0.39, 0.29) is 11.6 Å². The lowest BCUT2D eigenvalue weighted by Crippen LogP contribution is -2.37. The number of aromatic nitrogens is 3. The Morgan fingerprint density at radius 1 is 1.24 bits per heavy atom. The number of rotatable bonds is 3. The molecule has 0 amide bonds. The number of pyridine rings is 1. The maximum atomic E-state index is 13.2. The third-order valence-electron chi connectivity index (χ3n) is 4.09. The zero-order valence-corrected chi connectivity index (χ0v) is 13.1. The van der Waals surface area contributed by atoms with Crippen molar-refractivity contribution in [1.29, 1.82) is 0 Å². The molecule has 9 heteroatoms. The molecule has 3 heterocycles. The van der Waals surface area contributed by atoms with Crippen LogP contribution < -0.4 is 4.90 Å². The number of carbonyl (C=O) groups is 1. The van der Waals surface area contributed by atoms with Crippen molar-refractivity contribution in [3.63, 3.8) is 0 Å². The topological polar surface area (TPSA) is 79.2 Å². The smallest absolute Gasteiger partial charge is 0.433 e. The first-order valence-corrected chi connectivity index (χ1v) is 7.69. The van der Waals surface area contributed by atoms with Gasteiger partial charge in [0, 0.05) is 37.1 Å². The fourth-order valence-corrected chi connectivity index (χ4v) is 2.72. The number of nitrogens with zero attached hydrogens (tertiary/aromatic N) is 4. The van der Waals surface area contributed by atoms with E-state index in [0.717, 1.165) is 6.07 Å². The van der Waals surface area contributed by atoms with Gasteiger partial charge in [0.05, 0.1) is 5.92 Å². The van der Waals surface area contributed by atoms with Crippen molar-refractivity contribution in [3.8, 4) is 11.4 Å². The highest BCUT2D eigenvalue weighted by Crippen LogP contribution is 2.32. The van der Waals surface area contributed by atoms with Gasteiger partial charge in [-0.1, -0.05) is 0 Å². The van der Waals surface area contributed by atoms with Crippen molar-refractivity contribution < 1.29 is 23.1 Å². The van der Waals surface area contributed by atoms with Crippen molar-refractivity contribution in [3.05, 3.63) is 36.3 Å². The average molecular weight is 352 g/mol. The summed E-state index contributed by atoms with van der Waals surface area (Å²) in [4.78, 5) is 24.4. The Morgan fingerprint density at radius 3 is 2.52 bits per heavy atom. The zero-order chi connectivity index (χ0) is 18.0. The van der Waals surface area contributed by atoms with Crippen molar-refractivity contribution in [2.45, 2.75) is 19.0 Å². The van der Waals surface area contributed by atoms with Crippen LogP contribution in [0.2, 0.25) is 0 Å². The van der Waals surface area contributed by atoms with Crippen LogP contribution in [0.4, 0.5) is 19.0 Å². The molecule has 2 aromatic heterocycles. The molecule has 1 N–H and O–H groups in total. The second kappa shape index (κ2) is 6.66. The van der Waals surface area contributed by atoms with E-state index >= 15 is 0 Å². The maximum absolute atomic E-state index is 13.2. The van der Waals surface area contributed by atoms with Crippen molar-refractivity contribution in [1.82, 2.24) is 15.0 Å². The molecule has 25 heavy (non-hydrogen) atoms. The number of piperidine rings is 1. The van der Waals surface area contributed by atoms with E-state index in [4.69, 9.17) is 5.11 Å². The number of halogens is 3. The molecule has 1 fully saturated rings. The Morgan fingerprint density at radius 2 is 1.96 bits per heavy atom. The molecule has 132 valence electrons. The number of anilines is 1. The van der Waals surface area contributed by atoms with Gasteiger partial charge in [-0.25, -0.2) is 9.97 Å². The first-order chi connectivity index (χ1) is 11.8. The van der Waals surface area contributed by atoms with E-state index in [2.05, 4.69) is 15.0 Å². The molecule has 0 aliphatic carbocycles. The third kappa shape index (κ3) is 3.86. The summed E-state index contributed by atoms with van der Waals surface area (Å²) in [6.07, 6.45) is -0.968. The van der Waals surface area contributed by atoms with Crippen LogP contribution in [0.1, 0.15) is 18.5 Å². The van der Waals surface area contributed by atoms with Gasteiger partial charge in [0.2, 0.25) is 0 Å². The summed E-state index contributed by atoms with van der Waals surface area (Å²) < 4.78 is 39.6. The summed E-state index contributed by atoms with van der Waals surface area (Å²) in [5, 5.41) is 9.04. The summed E-state index contributed by atoms with van der Waals surface area (Å²) in [7, 11) is 0. The predicted octanol–water partition coefficient (Wildman–Crippen LogP) is 2.86. The Bertz CT molecular complexity index is 760. The first kappa shape index (κ1) is 17.1. The minimum Gasteiger partial charge on any atom is -0.481 e. The highest BCUT2D eigenvalue weighted by atomic mass is 19.4. The molecular weight excluding hydrogens is 337 g/mol. The van der Waals surface area contributed by atoms with Gasteiger partial charge in [-0.2, -0.15) is 13.2 Å². The molecule has 0 aromatic carbocycles. The standard InChI is InChI=1S/C16H15F3N4O2/c17-16(18,19)12-8-13(23-6-3-10(4-7-23)15(24)25)22-14(21-12)11-2-1-5-20-9-11/h1-2,5,8-10H,3-4,6-7H2,(H,24,25). The van der Waals surface area contributed by atoms with Crippen LogP contribution in [-0.4, -0.2) is 39.1 Å². The summed E-state index contributed by atoms with van der Waals surface area (Å²) in [5.41, 5.74) is -0.646. The van der Waals surface area contributed by atoms with Crippen LogP contribution in [-0.2, 0) is 11.0 Å². The Kier molecular flexibility index (Phi) is 4.56. The van der Waals surface area contributed by atoms with Crippen LogP contribution in [0.3, 0.4) is 0 Å². The zero-order valence-electron chi connectivity index (χ0n) is 13.1. The van der Waals surface area contributed by atoms with Gasteiger partial charge in [-0.15, -0.1) is 0 Å². The summed E-state index contributed by atoms with van der Waals surface area (Å²) in [5.74, 6) is -1.27. The molecule has 0 unspecified atom stereocenters. The highest BCUT2D eigenvalue weighted by Gasteiger charge is 2.35. The summed E-state index contributed by atoms with van der Waals surface area (Å²) in [6, 6.07) is 4.08. The van der Waals surface area contributed by atoms with E-state index in [1.54, 1.807) is 17.0 Å². The minimum atomic E-state index is -4.60. The molecule has 2 aromatic rings. The number of aliphatic carboxylic acids is 1. The SMILES string of the molecule is O=C(O)C1CCN(c2cc(C(F)(F)F)nc(-c3cccnc3)n2)CC1. The highest BCUT2D eigenvalue weighted by molar-refractivity contribution is 5.70. The lowest BCUT2D eigenvalue weighted by Gasteiger charge is -2.31. The molecule has 0 bridgehead atoms. The lowest BCUT2D eigenvalue weighted by atomic mass is 9.97. The minimum absolute atomic E-state index is 0.0571. The van der Waals surface area contributed by atoms with Gasteiger partial charge >= 0.3 is 12.1 Å². The van der Waals surface area contributed by atoms with Crippen LogP contribution in [0.25, 0.3) is 11.4 Å². The Balaban J connectivity index is 1.95. The van der Waals surface area contributed by atoms with E-state index in [1.165, 1.54) is 12.4 Å². The molecule has 1 aliphatic heterocycles. The van der Waals surface area contributed by atoms with Gasteiger partial charge in [0.25, 0.3) is 0 Å². The number of hydrogen-bond donors (Lipinski definition) is 1. The Labute approximate surface area is 141 Å². The molecule has 0 spiro atoms. The summed E-state index contributed by atoms with van der Waals surface area (Å²) >= 11 is 0. The third-order valence-corrected chi connectivity index (χ3v) is 4.09.